The van der Waals surface area contributed by atoms with E-state index in [9.17, 15) is 4.79 Å². The van der Waals surface area contributed by atoms with Gasteiger partial charge in [0.2, 0.25) is 0 Å². The second kappa shape index (κ2) is 7.90. The monoisotopic (exact) mass is 375 g/mol. The van der Waals surface area contributed by atoms with Gasteiger partial charge in [-0.15, -0.1) is 0 Å². The van der Waals surface area contributed by atoms with Crippen molar-refractivity contribution >= 4 is 29.0 Å². The Labute approximate surface area is 159 Å². The van der Waals surface area contributed by atoms with Gasteiger partial charge in [0.1, 0.15) is 5.78 Å². The molecule has 0 spiro atoms. The van der Waals surface area contributed by atoms with Crippen molar-refractivity contribution < 1.29 is 4.79 Å². The topological polar surface area (TPSA) is 29.1 Å². The van der Waals surface area contributed by atoms with Crippen LogP contribution in [0.4, 0.5) is 0 Å². The predicted molar refractivity (Wildman–Crippen MR) is 104 cm³/mol. The van der Waals surface area contributed by atoms with Crippen LogP contribution in [0, 0.1) is 11.8 Å². The molecule has 2 aromatic rings. The van der Waals surface area contributed by atoms with E-state index in [1.165, 1.54) is 0 Å². The molecule has 1 N–H and O–H groups in total. The summed E-state index contributed by atoms with van der Waals surface area (Å²) >= 11 is 12.1. The minimum Gasteiger partial charge on any atom is -0.302 e. The van der Waals surface area contributed by atoms with Gasteiger partial charge in [0.15, 0.2) is 0 Å². The lowest BCUT2D eigenvalue weighted by Crippen LogP contribution is -2.47. The lowest BCUT2D eigenvalue weighted by atomic mass is 9.74. The van der Waals surface area contributed by atoms with Gasteiger partial charge in [-0.1, -0.05) is 67.7 Å². The summed E-state index contributed by atoms with van der Waals surface area (Å²) in [6.45, 7) is 4.15. The van der Waals surface area contributed by atoms with Crippen LogP contribution < -0.4 is 5.32 Å². The average Bonchev–Trinajstić information content (AvgIpc) is 2.61. The normalized spacial score (nSPS) is 26.6. The Kier molecular flexibility index (Phi) is 5.83. The van der Waals surface area contributed by atoms with Crippen molar-refractivity contribution in [3.8, 4) is 0 Å². The fourth-order valence-corrected chi connectivity index (χ4v) is 4.05. The largest absolute Gasteiger partial charge is 0.302 e. The zero-order valence-corrected chi connectivity index (χ0v) is 16.0. The number of piperidine rings is 1. The van der Waals surface area contributed by atoms with Gasteiger partial charge in [0, 0.05) is 34.0 Å². The van der Waals surface area contributed by atoms with E-state index in [0.717, 1.165) is 24.0 Å². The zero-order chi connectivity index (χ0) is 18.0. The Morgan fingerprint density at radius 1 is 0.880 bits per heavy atom. The highest BCUT2D eigenvalue weighted by molar-refractivity contribution is 6.30. The van der Waals surface area contributed by atoms with Crippen LogP contribution in [0.1, 0.15) is 49.9 Å². The number of rotatable bonds is 4. The molecule has 132 valence electrons. The van der Waals surface area contributed by atoms with Gasteiger partial charge in [-0.25, -0.2) is 0 Å². The maximum absolute atomic E-state index is 13.1. The van der Waals surface area contributed by atoms with E-state index >= 15 is 0 Å². The molecule has 0 aromatic heterocycles. The first kappa shape index (κ1) is 18.4. The van der Waals surface area contributed by atoms with E-state index < -0.39 is 0 Å². The molecule has 0 radical (unpaired) electrons. The molecule has 1 saturated heterocycles. The summed E-state index contributed by atoms with van der Waals surface area (Å²) in [4.78, 5) is 13.1. The van der Waals surface area contributed by atoms with Crippen molar-refractivity contribution in [1.82, 2.24) is 5.32 Å². The van der Waals surface area contributed by atoms with Crippen LogP contribution in [0.15, 0.2) is 48.5 Å². The molecular weight excluding hydrogens is 353 g/mol. The van der Waals surface area contributed by atoms with Crippen LogP contribution >= 0.6 is 23.2 Å². The fourth-order valence-electron chi connectivity index (χ4n) is 3.79. The van der Waals surface area contributed by atoms with E-state index in [-0.39, 0.29) is 23.9 Å². The highest BCUT2D eigenvalue weighted by atomic mass is 35.5. The van der Waals surface area contributed by atoms with Crippen LogP contribution in [0.3, 0.4) is 0 Å². The molecule has 4 heteroatoms. The molecule has 2 nitrogen and oxygen atoms in total. The number of carbonyl (C=O) groups is 1. The molecule has 0 saturated carbocycles. The first-order chi connectivity index (χ1) is 12.0. The summed E-state index contributed by atoms with van der Waals surface area (Å²) < 4.78 is 0. The van der Waals surface area contributed by atoms with Gasteiger partial charge in [-0.3, -0.25) is 4.79 Å². The number of Topliss-reactive ketones (excluding diaryl/α,β-unsaturated/α-hetero) is 1. The summed E-state index contributed by atoms with van der Waals surface area (Å²) in [6, 6.07) is 15.6. The molecule has 0 amide bonds. The summed E-state index contributed by atoms with van der Waals surface area (Å²) in [5.74, 6) is 0.256. The molecular formula is C21H23Cl2NO. The Morgan fingerprint density at radius 3 is 1.84 bits per heavy atom. The number of hydrogen-bond donors (Lipinski definition) is 1. The van der Waals surface area contributed by atoms with Crippen LogP contribution in [0.25, 0.3) is 0 Å². The number of halogens is 2. The molecule has 3 rings (SSSR count). The van der Waals surface area contributed by atoms with E-state index in [4.69, 9.17) is 23.2 Å². The van der Waals surface area contributed by atoms with Gasteiger partial charge in [0.05, 0.1) is 0 Å². The number of carbonyl (C=O) groups excluding carboxylic acids is 1. The number of ketones is 1. The van der Waals surface area contributed by atoms with E-state index in [1.54, 1.807) is 0 Å². The minimum absolute atomic E-state index is 0.00148. The van der Waals surface area contributed by atoms with Gasteiger partial charge >= 0.3 is 0 Å². The highest BCUT2D eigenvalue weighted by Gasteiger charge is 2.41. The summed E-state index contributed by atoms with van der Waals surface area (Å²) in [6.07, 6.45) is 1.87. The van der Waals surface area contributed by atoms with Crippen LogP contribution in [0.2, 0.25) is 10.0 Å². The molecule has 1 aliphatic heterocycles. The van der Waals surface area contributed by atoms with Crippen LogP contribution in [0.5, 0.6) is 0 Å². The first-order valence-corrected chi connectivity index (χ1v) is 9.57. The third-order valence-electron chi connectivity index (χ3n) is 5.13. The molecule has 0 aliphatic carbocycles. The van der Waals surface area contributed by atoms with E-state index in [2.05, 4.69) is 12.2 Å². The molecule has 1 fully saturated rings. The minimum atomic E-state index is -0.0683. The first-order valence-electron chi connectivity index (χ1n) is 8.82. The predicted octanol–water partition coefficient (Wildman–Crippen LogP) is 6.00. The standard InChI is InChI=1S/C21H23Cl2NO/c1-3-4-18-20(15-7-11-17(23)12-8-15)24-19(13(2)21(18)25)14-5-9-16(22)10-6-14/h5-13,18-20,24H,3-4H2,1-2H3/t13-,18+,19+,20-/m1/s1. The smallest absolute Gasteiger partial charge is 0.142 e. The second-order valence-electron chi connectivity index (χ2n) is 6.81. The molecule has 4 atom stereocenters. The summed E-state index contributed by atoms with van der Waals surface area (Å²) in [5, 5.41) is 5.15. The van der Waals surface area contributed by atoms with Crippen molar-refractivity contribution in [3.63, 3.8) is 0 Å². The van der Waals surface area contributed by atoms with Gasteiger partial charge in [-0.2, -0.15) is 0 Å². The third kappa shape index (κ3) is 3.92. The van der Waals surface area contributed by atoms with Gasteiger partial charge in [0.25, 0.3) is 0 Å². The van der Waals surface area contributed by atoms with E-state index in [0.29, 0.717) is 15.8 Å². The fraction of sp³-hybridized carbons (Fsp3) is 0.381. The van der Waals surface area contributed by atoms with Crippen molar-refractivity contribution in [2.24, 2.45) is 11.8 Å². The molecule has 2 aromatic carbocycles. The molecule has 25 heavy (non-hydrogen) atoms. The third-order valence-corrected chi connectivity index (χ3v) is 5.64. The Morgan fingerprint density at radius 2 is 1.36 bits per heavy atom. The lowest BCUT2D eigenvalue weighted by Gasteiger charge is -2.41. The maximum Gasteiger partial charge on any atom is 0.142 e. The van der Waals surface area contributed by atoms with Crippen LogP contribution in [-0.2, 0) is 4.79 Å². The van der Waals surface area contributed by atoms with Crippen molar-refractivity contribution in [1.29, 1.82) is 0 Å². The maximum atomic E-state index is 13.1. The lowest BCUT2D eigenvalue weighted by molar-refractivity contribution is -0.131. The number of benzene rings is 2. The average molecular weight is 376 g/mol. The van der Waals surface area contributed by atoms with Gasteiger partial charge in [-0.05, 0) is 41.8 Å². The van der Waals surface area contributed by atoms with Crippen LogP contribution in [-0.4, -0.2) is 5.78 Å². The Hall–Kier alpha value is -1.35. The molecule has 1 heterocycles. The molecule has 0 unspecified atom stereocenters. The number of nitrogens with one attached hydrogen (secondary N) is 1. The molecule has 0 bridgehead atoms. The van der Waals surface area contributed by atoms with Gasteiger partial charge < -0.3 is 5.32 Å². The van der Waals surface area contributed by atoms with Crippen molar-refractivity contribution in [3.05, 3.63) is 69.7 Å². The second-order valence-corrected chi connectivity index (χ2v) is 7.68. The molecule has 1 aliphatic rings. The quantitative estimate of drug-likeness (QED) is 0.709. The summed E-state index contributed by atoms with van der Waals surface area (Å²) in [5.41, 5.74) is 2.21. The van der Waals surface area contributed by atoms with Crippen molar-refractivity contribution in [2.75, 3.05) is 0 Å². The highest BCUT2D eigenvalue weighted by Crippen LogP contribution is 2.40. The Balaban J connectivity index is 1.96. The van der Waals surface area contributed by atoms with E-state index in [1.807, 2.05) is 55.5 Å². The van der Waals surface area contributed by atoms with Crippen molar-refractivity contribution in [2.45, 2.75) is 38.8 Å². The number of hydrogen-bond acceptors (Lipinski definition) is 2. The Bertz CT molecular complexity index is 727. The SMILES string of the molecule is CCC[C@@H]1C(=O)[C@H](C)[C@@H](c2ccc(Cl)cc2)N[C@@H]1c1ccc(Cl)cc1. The summed E-state index contributed by atoms with van der Waals surface area (Å²) in [7, 11) is 0. The zero-order valence-electron chi connectivity index (χ0n) is 14.5.